The minimum absolute atomic E-state index is 0.0231. The van der Waals surface area contributed by atoms with E-state index in [2.05, 4.69) is 18.7 Å². The summed E-state index contributed by atoms with van der Waals surface area (Å²) in [6, 6.07) is 0.434. The molecule has 78 valence electrons. The van der Waals surface area contributed by atoms with E-state index in [0.29, 0.717) is 6.04 Å². The Morgan fingerprint density at radius 2 is 1.69 bits per heavy atom. The van der Waals surface area contributed by atoms with Gasteiger partial charge in [-0.05, 0) is 27.3 Å². The number of nitrogens with zero attached hydrogens (tertiary/aromatic N) is 2. The molecule has 1 unspecified atom stereocenters. The van der Waals surface area contributed by atoms with Crippen molar-refractivity contribution >= 4 is 5.91 Å². The molecule has 0 aliphatic carbocycles. The first-order valence-corrected chi connectivity index (χ1v) is 4.84. The molecule has 3 nitrogen and oxygen atoms in total. The Hall–Kier alpha value is -0.570. The van der Waals surface area contributed by atoms with Gasteiger partial charge in [-0.3, -0.25) is 9.69 Å². The zero-order valence-electron chi connectivity index (χ0n) is 9.66. The van der Waals surface area contributed by atoms with Crippen LogP contribution >= 0.6 is 0 Å². The van der Waals surface area contributed by atoms with Gasteiger partial charge in [0.1, 0.15) is 0 Å². The van der Waals surface area contributed by atoms with Crippen molar-refractivity contribution in [2.45, 2.75) is 39.3 Å². The molecular formula is C10H22N2O. The van der Waals surface area contributed by atoms with E-state index in [4.69, 9.17) is 0 Å². The summed E-state index contributed by atoms with van der Waals surface area (Å²) >= 11 is 0. The van der Waals surface area contributed by atoms with Gasteiger partial charge in [0.25, 0.3) is 0 Å². The summed E-state index contributed by atoms with van der Waals surface area (Å²) in [7, 11) is 5.61. The molecular weight excluding hydrogens is 164 g/mol. The van der Waals surface area contributed by atoms with Gasteiger partial charge in [-0.1, -0.05) is 6.92 Å². The van der Waals surface area contributed by atoms with Crippen molar-refractivity contribution in [3.63, 3.8) is 0 Å². The lowest BCUT2D eigenvalue weighted by Gasteiger charge is -2.31. The van der Waals surface area contributed by atoms with Crippen LogP contribution in [0, 0.1) is 0 Å². The molecule has 0 N–H and O–H groups in total. The molecule has 1 atom stereocenters. The van der Waals surface area contributed by atoms with Gasteiger partial charge in [0, 0.05) is 20.1 Å². The molecule has 0 spiro atoms. The van der Waals surface area contributed by atoms with Gasteiger partial charge in [0.2, 0.25) is 5.91 Å². The van der Waals surface area contributed by atoms with Crippen LogP contribution < -0.4 is 0 Å². The zero-order chi connectivity index (χ0) is 10.6. The van der Waals surface area contributed by atoms with E-state index >= 15 is 0 Å². The lowest BCUT2D eigenvalue weighted by Crippen LogP contribution is -2.46. The SMILES string of the molecule is CCC(C(=O)N(C)C)N(C)C(C)C. The van der Waals surface area contributed by atoms with Crippen LogP contribution in [0.3, 0.4) is 0 Å². The van der Waals surface area contributed by atoms with Gasteiger partial charge in [-0.15, -0.1) is 0 Å². The summed E-state index contributed by atoms with van der Waals surface area (Å²) in [5.74, 6) is 0.193. The third-order valence-electron chi connectivity index (χ3n) is 2.42. The van der Waals surface area contributed by atoms with E-state index < -0.39 is 0 Å². The maximum Gasteiger partial charge on any atom is 0.239 e. The van der Waals surface area contributed by atoms with Crippen LogP contribution in [0.1, 0.15) is 27.2 Å². The summed E-state index contributed by atoms with van der Waals surface area (Å²) < 4.78 is 0. The van der Waals surface area contributed by atoms with E-state index in [0.717, 1.165) is 6.42 Å². The van der Waals surface area contributed by atoms with Gasteiger partial charge < -0.3 is 4.90 Å². The molecule has 0 aromatic heterocycles. The van der Waals surface area contributed by atoms with Crippen molar-refractivity contribution in [2.75, 3.05) is 21.1 Å². The highest BCUT2D eigenvalue weighted by molar-refractivity contribution is 5.81. The van der Waals surface area contributed by atoms with Crippen molar-refractivity contribution in [1.82, 2.24) is 9.80 Å². The van der Waals surface area contributed by atoms with E-state index in [1.165, 1.54) is 0 Å². The van der Waals surface area contributed by atoms with Crippen molar-refractivity contribution in [2.24, 2.45) is 0 Å². The number of carbonyl (C=O) groups excluding carboxylic acids is 1. The normalized spacial score (nSPS) is 13.5. The molecule has 13 heavy (non-hydrogen) atoms. The molecule has 0 aliphatic heterocycles. The molecule has 0 radical (unpaired) electrons. The molecule has 1 amide bonds. The maximum absolute atomic E-state index is 11.7. The third-order valence-corrected chi connectivity index (χ3v) is 2.42. The number of carbonyl (C=O) groups is 1. The minimum atomic E-state index is 0.0231. The first kappa shape index (κ1) is 12.4. The van der Waals surface area contributed by atoms with E-state index in [1.807, 2.05) is 14.0 Å². The fourth-order valence-corrected chi connectivity index (χ4v) is 1.29. The lowest BCUT2D eigenvalue weighted by molar-refractivity contribution is -0.134. The predicted molar refractivity (Wildman–Crippen MR) is 55.7 cm³/mol. The molecule has 3 heteroatoms. The Morgan fingerprint density at radius 3 is 1.92 bits per heavy atom. The second kappa shape index (κ2) is 5.22. The number of hydrogen-bond donors (Lipinski definition) is 0. The monoisotopic (exact) mass is 186 g/mol. The summed E-state index contributed by atoms with van der Waals surface area (Å²) in [6.45, 7) is 6.25. The average molecular weight is 186 g/mol. The Morgan fingerprint density at radius 1 is 1.23 bits per heavy atom. The Labute approximate surface area is 81.7 Å². The molecule has 0 saturated carbocycles. The smallest absolute Gasteiger partial charge is 0.239 e. The number of hydrogen-bond acceptors (Lipinski definition) is 2. The molecule has 0 bridgehead atoms. The number of amides is 1. The molecule has 0 aliphatic rings. The Kier molecular flexibility index (Phi) is 4.99. The minimum Gasteiger partial charge on any atom is -0.347 e. The van der Waals surface area contributed by atoms with Crippen LogP contribution in [0.5, 0.6) is 0 Å². The van der Waals surface area contributed by atoms with E-state index in [1.54, 1.807) is 19.0 Å². The molecule has 0 rings (SSSR count). The Balaban J connectivity index is 4.41. The van der Waals surface area contributed by atoms with Crippen molar-refractivity contribution in [3.05, 3.63) is 0 Å². The summed E-state index contributed by atoms with van der Waals surface area (Å²) in [6.07, 6.45) is 0.867. The summed E-state index contributed by atoms with van der Waals surface area (Å²) in [5, 5.41) is 0. The zero-order valence-corrected chi connectivity index (χ0v) is 9.66. The standard InChI is InChI=1S/C10H22N2O/c1-7-9(10(13)11(4)5)12(6)8(2)3/h8-9H,7H2,1-6H3. The highest BCUT2D eigenvalue weighted by Crippen LogP contribution is 2.08. The van der Waals surface area contributed by atoms with E-state index in [-0.39, 0.29) is 11.9 Å². The molecule has 0 saturated heterocycles. The highest BCUT2D eigenvalue weighted by atomic mass is 16.2. The average Bonchev–Trinajstić information content (AvgIpc) is 2.04. The van der Waals surface area contributed by atoms with Crippen molar-refractivity contribution < 1.29 is 4.79 Å². The van der Waals surface area contributed by atoms with Gasteiger partial charge >= 0.3 is 0 Å². The summed E-state index contributed by atoms with van der Waals surface area (Å²) in [4.78, 5) is 15.5. The van der Waals surface area contributed by atoms with Crippen molar-refractivity contribution in [1.29, 1.82) is 0 Å². The molecule has 0 aromatic rings. The van der Waals surface area contributed by atoms with E-state index in [9.17, 15) is 4.79 Å². The highest BCUT2D eigenvalue weighted by Gasteiger charge is 2.23. The fourth-order valence-electron chi connectivity index (χ4n) is 1.29. The largest absolute Gasteiger partial charge is 0.347 e. The number of likely N-dealkylation sites (N-methyl/N-ethyl adjacent to an activating group) is 2. The second-order valence-corrected chi connectivity index (χ2v) is 3.92. The van der Waals surface area contributed by atoms with Gasteiger partial charge in [-0.2, -0.15) is 0 Å². The first-order chi connectivity index (χ1) is 5.91. The topological polar surface area (TPSA) is 23.6 Å². The van der Waals surface area contributed by atoms with Crippen LogP contribution in [0.15, 0.2) is 0 Å². The van der Waals surface area contributed by atoms with Crippen molar-refractivity contribution in [3.8, 4) is 0 Å². The van der Waals surface area contributed by atoms with Crippen LogP contribution in [0.2, 0.25) is 0 Å². The summed E-state index contributed by atoms with van der Waals surface area (Å²) in [5.41, 5.74) is 0. The Bertz CT molecular complexity index is 166. The maximum atomic E-state index is 11.7. The fraction of sp³-hybridized carbons (Fsp3) is 0.900. The molecule has 0 aromatic carbocycles. The van der Waals surface area contributed by atoms with Crippen LogP contribution in [0.4, 0.5) is 0 Å². The predicted octanol–water partition coefficient (Wildman–Crippen LogP) is 1.19. The van der Waals surface area contributed by atoms with Gasteiger partial charge in [-0.25, -0.2) is 0 Å². The van der Waals surface area contributed by atoms with Crippen LogP contribution in [-0.2, 0) is 4.79 Å². The quantitative estimate of drug-likeness (QED) is 0.658. The third kappa shape index (κ3) is 3.35. The lowest BCUT2D eigenvalue weighted by atomic mass is 10.1. The van der Waals surface area contributed by atoms with Crippen LogP contribution in [0.25, 0.3) is 0 Å². The molecule has 0 heterocycles. The van der Waals surface area contributed by atoms with Crippen LogP contribution in [-0.4, -0.2) is 48.9 Å². The second-order valence-electron chi connectivity index (χ2n) is 3.92. The first-order valence-electron chi connectivity index (χ1n) is 4.84. The van der Waals surface area contributed by atoms with Gasteiger partial charge in [0.15, 0.2) is 0 Å². The number of rotatable bonds is 4. The molecule has 0 fully saturated rings. The van der Waals surface area contributed by atoms with Gasteiger partial charge in [0.05, 0.1) is 6.04 Å².